The molecule has 1 aromatic carbocycles. The van der Waals surface area contributed by atoms with E-state index in [4.69, 9.17) is 10.5 Å². The van der Waals surface area contributed by atoms with Crippen LogP contribution in [-0.4, -0.2) is 16.2 Å². The van der Waals surface area contributed by atoms with Crippen molar-refractivity contribution in [3.8, 4) is 5.75 Å². The molecule has 0 spiro atoms. The van der Waals surface area contributed by atoms with Crippen LogP contribution in [0.2, 0.25) is 0 Å². The van der Waals surface area contributed by atoms with Crippen molar-refractivity contribution >= 4 is 0 Å². The average molecular weight is 243 g/mol. The van der Waals surface area contributed by atoms with Crippen molar-refractivity contribution in [2.24, 2.45) is 12.8 Å². The number of aryl methyl sites for hydroxylation is 2. The number of aromatic nitrogens is 2. The van der Waals surface area contributed by atoms with E-state index >= 15 is 0 Å². The lowest BCUT2D eigenvalue weighted by Gasteiger charge is -2.23. The van der Waals surface area contributed by atoms with E-state index in [-0.39, 0.29) is 6.04 Å². The van der Waals surface area contributed by atoms with Crippen molar-refractivity contribution in [1.29, 1.82) is 0 Å². The van der Waals surface area contributed by atoms with Crippen LogP contribution in [0.5, 0.6) is 5.75 Å². The maximum Gasteiger partial charge on any atom is 0.130 e. The Balaban J connectivity index is 2.04. The molecule has 0 bridgehead atoms. The van der Waals surface area contributed by atoms with Crippen LogP contribution in [0.1, 0.15) is 29.4 Å². The Morgan fingerprint density at radius 2 is 2.33 bits per heavy atom. The summed E-state index contributed by atoms with van der Waals surface area (Å²) in [5.41, 5.74) is 8.60. The Morgan fingerprint density at radius 3 is 3.11 bits per heavy atom. The second-order valence-electron chi connectivity index (χ2n) is 4.66. The Labute approximate surface area is 106 Å². The molecule has 1 atom stereocenters. The predicted octanol–water partition coefficient (Wildman–Crippen LogP) is 1.79. The van der Waals surface area contributed by atoms with E-state index in [1.54, 1.807) is 6.20 Å². The Hall–Kier alpha value is -1.81. The van der Waals surface area contributed by atoms with Crippen molar-refractivity contribution in [3.05, 3.63) is 47.5 Å². The highest BCUT2D eigenvalue weighted by atomic mass is 16.5. The molecule has 4 heteroatoms. The maximum atomic E-state index is 6.32. The van der Waals surface area contributed by atoms with Gasteiger partial charge in [0.1, 0.15) is 11.6 Å². The minimum Gasteiger partial charge on any atom is -0.493 e. The van der Waals surface area contributed by atoms with Crippen LogP contribution < -0.4 is 10.5 Å². The first-order chi connectivity index (χ1) is 8.77. The first-order valence-corrected chi connectivity index (χ1v) is 6.25. The van der Waals surface area contributed by atoms with Gasteiger partial charge in [-0.2, -0.15) is 0 Å². The molecule has 0 fully saturated rings. The van der Waals surface area contributed by atoms with Gasteiger partial charge in [0.05, 0.1) is 12.6 Å². The number of fused-ring (bicyclic) bond motifs is 1. The monoisotopic (exact) mass is 243 g/mol. The van der Waals surface area contributed by atoms with Crippen LogP contribution in [0.15, 0.2) is 30.6 Å². The molecule has 1 aliphatic heterocycles. The lowest BCUT2D eigenvalue weighted by Crippen LogP contribution is -2.20. The third kappa shape index (κ3) is 1.78. The predicted molar refractivity (Wildman–Crippen MR) is 69.5 cm³/mol. The second kappa shape index (κ2) is 4.46. The quantitative estimate of drug-likeness (QED) is 0.875. The normalized spacial score (nSPS) is 15.9. The summed E-state index contributed by atoms with van der Waals surface area (Å²) in [5, 5.41) is 0. The summed E-state index contributed by atoms with van der Waals surface area (Å²) in [4.78, 5) is 4.32. The summed E-state index contributed by atoms with van der Waals surface area (Å²) in [6.45, 7) is 0.775. The fourth-order valence-electron chi connectivity index (χ4n) is 2.48. The molecule has 1 unspecified atom stereocenters. The fourth-order valence-corrected chi connectivity index (χ4v) is 2.48. The summed E-state index contributed by atoms with van der Waals surface area (Å²) in [6, 6.07) is 5.95. The van der Waals surface area contributed by atoms with E-state index < -0.39 is 0 Å². The minimum absolute atomic E-state index is 0.238. The highest BCUT2D eigenvalue weighted by Crippen LogP contribution is 2.33. The summed E-state index contributed by atoms with van der Waals surface area (Å²) in [7, 11) is 1.96. The number of ether oxygens (including phenoxy) is 1. The molecule has 2 N–H and O–H groups in total. The third-order valence-electron chi connectivity index (χ3n) is 3.44. The molecule has 4 nitrogen and oxygen atoms in total. The van der Waals surface area contributed by atoms with Gasteiger partial charge in [-0.25, -0.2) is 4.98 Å². The van der Waals surface area contributed by atoms with Crippen LogP contribution in [0, 0.1) is 0 Å². The molecule has 3 rings (SSSR count). The molecular weight excluding hydrogens is 226 g/mol. The zero-order valence-corrected chi connectivity index (χ0v) is 10.5. The molecular formula is C14H17N3O. The Bertz CT molecular complexity index is 562. The molecule has 1 aliphatic rings. The van der Waals surface area contributed by atoms with Gasteiger partial charge >= 0.3 is 0 Å². The van der Waals surface area contributed by atoms with E-state index in [0.29, 0.717) is 0 Å². The maximum absolute atomic E-state index is 6.32. The van der Waals surface area contributed by atoms with Crippen LogP contribution in [-0.2, 0) is 13.5 Å². The van der Waals surface area contributed by atoms with Gasteiger partial charge in [-0.05, 0) is 18.4 Å². The van der Waals surface area contributed by atoms with E-state index in [0.717, 1.165) is 36.6 Å². The first-order valence-electron chi connectivity index (χ1n) is 6.25. The molecule has 2 aromatic rings. The number of imidazole rings is 1. The van der Waals surface area contributed by atoms with Crippen molar-refractivity contribution in [1.82, 2.24) is 9.55 Å². The average Bonchev–Trinajstić information content (AvgIpc) is 2.83. The molecule has 0 radical (unpaired) electrons. The van der Waals surface area contributed by atoms with Crippen LogP contribution in [0.25, 0.3) is 0 Å². The van der Waals surface area contributed by atoms with Crippen LogP contribution >= 0.6 is 0 Å². The fraction of sp³-hybridized carbons (Fsp3) is 0.357. The Morgan fingerprint density at radius 1 is 1.44 bits per heavy atom. The zero-order valence-electron chi connectivity index (χ0n) is 10.5. The molecule has 0 amide bonds. The minimum atomic E-state index is -0.238. The van der Waals surface area contributed by atoms with Gasteiger partial charge < -0.3 is 15.0 Å². The lowest BCUT2D eigenvalue weighted by atomic mass is 9.98. The second-order valence-corrected chi connectivity index (χ2v) is 4.66. The molecule has 1 aromatic heterocycles. The van der Waals surface area contributed by atoms with Crippen LogP contribution in [0.3, 0.4) is 0 Å². The number of hydrogen-bond acceptors (Lipinski definition) is 3. The van der Waals surface area contributed by atoms with Crippen molar-refractivity contribution in [2.45, 2.75) is 18.9 Å². The van der Waals surface area contributed by atoms with E-state index in [9.17, 15) is 0 Å². The number of rotatable bonds is 2. The highest BCUT2D eigenvalue weighted by Gasteiger charge is 2.21. The van der Waals surface area contributed by atoms with Gasteiger partial charge in [-0.3, -0.25) is 0 Å². The number of benzene rings is 1. The number of nitrogens with two attached hydrogens (primary N) is 1. The number of hydrogen-bond donors (Lipinski definition) is 1. The number of para-hydroxylation sites is 1. The van der Waals surface area contributed by atoms with Crippen molar-refractivity contribution in [2.75, 3.05) is 6.61 Å². The van der Waals surface area contributed by atoms with Crippen molar-refractivity contribution in [3.63, 3.8) is 0 Å². The molecule has 2 heterocycles. The standard InChI is InChI=1S/C14H17N3O/c1-17-8-7-16-14(17)12(15)11-6-2-4-10-5-3-9-18-13(10)11/h2,4,6-8,12H,3,5,9,15H2,1H3. The zero-order chi connectivity index (χ0) is 12.5. The van der Waals surface area contributed by atoms with E-state index in [2.05, 4.69) is 11.1 Å². The summed E-state index contributed by atoms with van der Waals surface area (Å²) in [5.74, 6) is 1.82. The first kappa shape index (κ1) is 11.3. The van der Waals surface area contributed by atoms with Gasteiger partial charge in [-0.1, -0.05) is 18.2 Å². The summed E-state index contributed by atoms with van der Waals surface area (Å²) in [6.07, 6.45) is 5.82. The largest absolute Gasteiger partial charge is 0.493 e. The molecule has 0 saturated heterocycles. The SMILES string of the molecule is Cn1ccnc1C(N)c1cccc2c1OCCC2. The lowest BCUT2D eigenvalue weighted by molar-refractivity contribution is 0.284. The highest BCUT2D eigenvalue weighted by molar-refractivity contribution is 5.46. The van der Waals surface area contributed by atoms with Crippen molar-refractivity contribution < 1.29 is 4.74 Å². The third-order valence-corrected chi connectivity index (χ3v) is 3.44. The molecule has 94 valence electrons. The number of nitrogens with zero attached hydrogens (tertiary/aromatic N) is 2. The van der Waals surface area contributed by atoms with Gasteiger partial charge in [0.25, 0.3) is 0 Å². The smallest absolute Gasteiger partial charge is 0.130 e. The molecule has 18 heavy (non-hydrogen) atoms. The molecule has 0 aliphatic carbocycles. The molecule has 0 saturated carbocycles. The Kier molecular flexibility index (Phi) is 2.80. The van der Waals surface area contributed by atoms with Gasteiger partial charge in [0.15, 0.2) is 0 Å². The summed E-state index contributed by atoms with van der Waals surface area (Å²) >= 11 is 0. The van der Waals surface area contributed by atoms with Gasteiger partial charge in [-0.15, -0.1) is 0 Å². The van der Waals surface area contributed by atoms with Gasteiger partial charge in [0.2, 0.25) is 0 Å². The van der Waals surface area contributed by atoms with E-state index in [1.165, 1.54) is 5.56 Å². The van der Waals surface area contributed by atoms with Crippen LogP contribution in [0.4, 0.5) is 0 Å². The van der Waals surface area contributed by atoms with Gasteiger partial charge in [0, 0.05) is 25.0 Å². The summed E-state index contributed by atoms with van der Waals surface area (Å²) < 4.78 is 7.75. The topological polar surface area (TPSA) is 53.1 Å². The van der Waals surface area contributed by atoms with E-state index in [1.807, 2.05) is 29.9 Å².